The van der Waals surface area contributed by atoms with Crippen LogP contribution in [-0.2, 0) is 28.9 Å². The first-order valence-electron chi connectivity index (χ1n) is 8.23. The summed E-state index contributed by atoms with van der Waals surface area (Å²) in [7, 11) is 0. The normalized spacial score (nSPS) is 10.2. The number of hydrogen-bond donors (Lipinski definition) is 1. The Morgan fingerprint density at radius 2 is 1.33 bits per heavy atom. The summed E-state index contributed by atoms with van der Waals surface area (Å²) in [5.41, 5.74) is 3.88. The van der Waals surface area contributed by atoms with Crippen molar-refractivity contribution < 1.29 is 14.3 Å². The average molecular weight is 325 g/mol. The number of carbonyl (C=O) groups excluding carboxylic acids is 2. The summed E-state index contributed by atoms with van der Waals surface area (Å²) >= 11 is 0. The molecule has 0 aliphatic heterocycles. The highest BCUT2D eigenvalue weighted by atomic mass is 16.5. The highest BCUT2D eigenvalue weighted by molar-refractivity contribution is 5.91. The molecule has 0 aliphatic carbocycles. The van der Waals surface area contributed by atoms with Crippen LogP contribution in [0.25, 0.3) is 0 Å². The van der Waals surface area contributed by atoms with Crippen molar-refractivity contribution in [3.63, 3.8) is 0 Å². The second-order valence-electron chi connectivity index (χ2n) is 5.57. The van der Waals surface area contributed by atoms with E-state index in [1.165, 1.54) is 5.56 Å². The summed E-state index contributed by atoms with van der Waals surface area (Å²) < 4.78 is 5.04. The van der Waals surface area contributed by atoms with Gasteiger partial charge in [-0.1, -0.05) is 50.2 Å². The lowest BCUT2D eigenvalue weighted by molar-refractivity contribution is -0.124. The first-order chi connectivity index (χ1) is 11.6. The number of amides is 1. The van der Waals surface area contributed by atoms with E-state index in [0.717, 1.165) is 24.0 Å². The Bertz CT molecular complexity index is 675. The van der Waals surface area contributed by atoms with E-state index in [0.29, 0.717) is 12.1 Å². The molecule has 0 spiro atoms. The summed E-state index contributed by atoms with van der Waals surface area (Å²) in [6, 6.07) is 15.3. The molecule has 0 heterocycles. The molecule has 0 saturated heterocycles. The zero-order chi connectivity index (χ0) is 17.4. The molecule has 1 N–H and O–H groups in total. The molecule has 2 aromatic carbocycles. The van der Waals surface area contributed by atoms with Crippen LogP contribution >= 0.6 is 0 Å². The van der Waals surface area contributed by atoms with Crippen LogP contribution in [0.2, 0.25) is 0 Å². The standard InChI is InChI=1S/C20H23NO3/c1-3-15-5-7-17(8-6-15)13-21-19(22)14-24-20(23)18-11-9-16(4-2)10-12-18/h5-12H,3-4,13-14H2,1-2H3,(H,21,22). The third-order valence-electron chi connectivity index (χ3n) is 3.85. The molecule has 4 heteroatoms. The fraction of sp³-hybridized carbons (Fsp3) is 0.300. The van der Waals surface area contributed by atoms with Crippen LogP contribution in [0.4, 0.5) is 0 Å². The lowest BCUT2D eigenvalue weighted by Crippen LogP contribution is -2.28. The smallest absolute Gasteiger partial charge is 0.338 e. The maximum absolute atomic E-state index is 11.9. The highest BCUT2D eigenvalue weighted by Crippen LogP contribution is 2.07. The molecule has 0 aromatic heterocycles. The van der Waals surface area contributed by atoms with E-state index in [1.807, 2.05) is 43.3 Å². The van der Waals surface area contributed by atoms with Gasteiger partial charge in [0.25, 0.3) is 5.91 Å². The molecule has 1 amide bonds. The van der Waals surface area contributed by atoms with Gasteiger partial charge >= 0.3 is 5.97 Å². The van der Waals surface area contributed by atoms with Crippen LogP contribution < -0.4 is 5.32 Å². The lowest BCUT2D eigenvalue weighted by Gasteiger charge is -2.07. The third kappa shape index (κ3) is 5.23. The van der Waals surface area contributed by atoms with Crippen molar-refractivity contribution in [2.45, 2.75) is 33.2 Å². The Morgan fingerprint density at radius 1 is 0.833 bits per heavy atom. The molecular weight excluding hydrogens is 302 g/mol. The second kappa shape index (κ2) is 8.87. The van der Waals surface area contributed by atoms with Crippen molar-refractivity contribution in [3.8, 4) is 0 Å². The topological polar surface area (TPSA) is 55.4 Å². The van der Waals surface area contributed by atoms with Crippen molar-refractivity contribution in [1.82, 2.24) is 5.32 Å². The number of carbonyl (C=O) groups is 2. The number of esters is 1. The SMILES string of the molecule is CCc1ccc(CNC(=O)COC(=O)c2ccc(CC)cc2)cc1. The van der Waals surface area contributed by atoms with Crippen molar-refractivity contribution in [3.05, 3.63) is 70.8 Å². The van der Waals surface area contributed by atoms with Gasteiger partial charge in [0.2, 0.25) is 0 Å². The highest BCUT2D eigenvalue weighted by Gasteiger charge is 2.10. The number of hydrogen-bond acceptors (Lipinski definition) is 3. The summed E-state index contributed by atoms with van der Waals surface area (Å²) in [5, 5.41) is 2.75. The quantitative estimate of drug-likeness (QED) is 0.795. The fourth-order valence-corrected chi connectivity index (χ4v) is 2.24. The Balaban J connectivity index is 1.76. The van der Waals surface area contributed by atoms with Gasteiger partial charge in [-0.15, -0.1) is 0 Å². The summed E-state index contributed by atoms with van der Waals surface area (Å²) in [6.45, 7) is 4.29. The predicted octanol–water partition coefficient (Wildman–Crippen LogP) is 3.28. The maximum atomic E-state index is 11.9. The first kappa shape index (κ1) is 17.7. The number of aryl methyl sites for hydroxylation is 2. The van der Waals surface area contributed by atoms with E-state index in [1.54, 1.807) is 12.1 Å². The fourth-order valence-electron chi connectivity index (χ4n) is 2.24. The van der Waals surface area contributed by atoms with Crippen molar-refractivity contribution in [1.29, 1.82) is 0 Å². The van der Waals surface area contributed by atoms with E-state index < -0.39 is 5.97 Å². The molecule has 0 aliphatic rings. The molecule has 0 atom stereocenters. The second-order valence-corrected chi connectivity index (χ2v) is 5.57. The van der Waals surface area contributed by atoms with Gasteiger partial charge in [0.05, 0.1) is 5.56 Å². The van der Waals surface area contributed by atoms with Crippen LogP contribution in [0, 0.1) is 0 Å². The minimum absolute atomic E-state index is 0.276. The van der Waals surface area contributed by atoms with Gasteiger partial charge in [0.1, 0.15) is 0 Å². The van der Waals surface area contributed by atoms with Crippen molar-refractivity contribution in [2.75, 3.05) is 6.61 Å². The summed E-state index contributed by atoms with van der Waals surface area (Å²) in [4.78, 5) is 23.7. The van der Waals surface area contributed by atoms with Gasteiger partial charge in [0.15, 0.2) is 6.61 Å². The van der Waals surface area contributed by atoms with E-state index in [4.69, 9.17) is 4.74 Å². The number of ether oxygens (including phenoxy) is 1. The minimum atomic E-state index is -0.486. The molecule has 0 fully saturated rings. The number of nitrogens with one attached hydrogen (secondary N) is 1. The van der Waals surface area contributed by atoms with Gasteiger partial charge in [0, 0.05) is 6.54 Å². The predicted molar refractivity (Wildman–Crippen MR) is 93.8 cm³/mol. The minimum Gasteiger partial charge on any atom is -0.452 e. The summed E-state index contributed by atoms with van der Waals surface area (Å²) in [6.07, 6.45) is 1.90. The molecule has 0 unspecified atom stereocenters. The van der Waals surface area contributed by atoms with Crippen LogP contribution in [0.1, 0.15) is 40.9 Å². The zero-order valence-corrected chi connectivity index (χ0v) is 14.2. The van der Waals surface area contributed by atoms with E-state index >= 15 is 0 Å². The van der Waals surface area contributed by atoms with Crippen LogP contribution in [-0.4, -0.2) is 18.5 Å². The van der Waals surface area contributed by atoms with Gasteiger partial charge in [-0.25, -0.2) is 4.79 Å². The van der Waals surface area contributed by atoms with Crippen molar-refractivity contribution >= 4 is 11.9 Å². The van der Waals surface area contributed by atoms with Gasteiger partial charge in [-0.05, 0) is 41.7 Å². The van der Waals surface area contributed by atoms with Crippen LogP contribution in [0.3, 0.4) is 0 Å². The lowest BCUT2D eigenvalue weighted by atomic mass is 10.1. The number of benzene rings is 2. The van der Waals surface area contributed by atoms with E-state index in [-0.39, 0.29) is 12.5 Å². The first-order valence-corrected chi connectivity index (χ1v) is 8.23. The molecular formula is C20H23NO3. The van der Waals surface area contributed by atoms with Gasteiger partial charge in [-0.2, -0.15) is 0 Å². The largest absolute Gasteiger partial charge is 0.452 e. The molecule has 0 saturated carbocycles. The van der Waals surface area contributed by atoms with E-state index in [2.05, 4.69) is 12.2 Å². The number of rotatable bonds is 7. The Hall–Kier alpha value is -2.62. The van der Waals surface area contributed by atoms with Crippen LogP contribution in [0.5, 0.6) is 0 Å². The maximum Gasteiger partial charge on any atom is 0.338 e. The van der Waals surface area contributed by atoms with E-state index in [9.17, 15) is 9.59 Å². The summed E-state index contributed by atoms with van der Waals surface area (Å²) in [5.74, 6) is -0.798. The van der Waals surface area contributed by atoms with Gasteiger partial charge in [-0.3, -0.25) is 4.79 Å². The van der Waals surface area contributed by atoms with Crippen molar-refractivity contribution in [2.24, 2.45) is 0 Å². The Kier molecular flexibility index (Phi) is 6.55. The average Bonchev–Trinajstić information content (AvgIpc) is 2.64. The van der Waals surface area contributed by atoms with Crippen LogP contribution in [0.15, 0.2) is 48.5 Å². The molecule has 4 nitrogen and oxygen atoms in total. The molecule has 0 bridgehead atoms. The Labute approximate surface area is 142 Å². The molecule has 2 rings (SSSR count). The van der Waals surface area contributed by atoms with Gasteiger partial charge < -0.3 is 10.1 Å². The molecule has 0 radical (unpaired) electrons. The third-order valence-corrected chi connectivity index (χ3v) is 3.85. The molecule has 2 aromatic rings. The monoisotopic (exact) mass is 325 g/mol. The molecule has 24 heavy (non-hydrogen) atoms. The molecule has 126 valence electrons. The Morgan fingerprint density at radius 3 is 1.88 bits per heavy atom. The zero-order valence-electron chi connectivity index (χ0n) is 14.2.